The van der Waals surface area contributed by atoms with Crippen LogP contribution in [0.2, 0.25) is 0 Å². The summed E-state index contributed by atoms with van der Waals surface area (Å²) < 4.78 is 5.80. The van der Waals surface area contributed by atoms with Crippen LogP contribution in [0.3, 0.4) is 0 Å². The Kier molecular flexibility index (Phi) is 5.43. The number of benzene rings is 1. The highest BCUT2D eigenvalue weighted by Crippen LogP contribution is 2.28. The summed E-state index contributed by atoms with van der Waals surface area (Å²) in [5.74, 6) is 0.905. The van der Waals surface area contributed by atoms with Crippen molar-refractivity contribution in [2.75, 3.05) is 11.9 Å². The summed E-state index contributed by atoms with van der Waals surface area (Å²) in [5.41, 5.74) is 3.36. The molecule has 0 saturated heterocycles. The number of anilines is 1. The van der Waals surface area contributed by atoms with Crippen LogP contribution in [0.25, 0.3) is 10.9 Å². The van der Waals surface area contributed by atoms with Crippen molar-refractivity contribution in [1.82, 2.24) is 4.98 Å². The summed E-state index contributed by atoms with van der Waals surface area (Å²) in [6, 6.07) is 8.34. The van der Waals surface area contributed by atoms with Gasteiger partial charge in [-0.2, -0.15) is 0 Å². The second-order valence-electron chi connectivity index (χ2n) is 5.68. The summed E-state index contributed by atoms with van der Waals surface area (Å²) in [4.78, 5) is 4.76. The highest BCUT2D eigenvalue weighted by Gasteiger charge is 2.08. The van der Waals surface area contributed by atoms with Crippen molar-refractivity contribution < 1.29 is 4.74 Å². The summed E-state index contributed by atoms with van der Waals surface area (Å²) in [6.45, 7) is 9.42. The lowest BCUT2D eigenvalue weighted by Crippen LogP contribution is -2.06. The lowest BCUT2D eigenvalue weighted by molar-refractivity contribution is 0.243. The van der Waals surface area contributed by atoms with Gasteiger partial charge in [-0.15, -0.1) is 0 Å². The van der Waals surface area contributed by atoms with Gasteiger partial charge in [0.05, 0.1) is 11.6 Å². The molecule has 2 rings (SSSR count). The van der Waals surface area contributed by atoms with E-state index in [0.717, 1.165) is 48.2 Å². The smallest absolute Gasteiger partial charge is 0.120 e. The molecule has 0 aliphatic rings. The van der Waals surface area contributed by atoms with Gasteiger partial charge in [-0.05, 0) is 51.0 Å². The Morgan fingerprint density at radius 3 is 2.62 bits per heavy atom. The van der Waals surface area contributed by atoms with E-state index in [1.807, 2.05) is 19.9 Å². The molecule has 2 aromatic rings. The van der Waals surface area contributed by atoms with Gasteiger partial charge in [0, 0.05) is 23.3 Å². The third-order valence-electron chi connectivity index (χ3n) is 3.28. The fraction of sp³-hybridized carbons (Fsp3) is 0.500. The quantitative estimate of drug-likeness (QED) is 0.794. The first-order valence-corrected chi connectivity index (χ1v) is 7.98. The van der Waals surface area contributed by atoms with Gasteiger partial charge in [0.2, 0.25) is 0 Å². The van der Waals surface area contributed by atoms with Crippen molar-refractivity contribution in [3.05, 3.63) is 30.0 Å². The number of pyridine rings is 1. The van der Waals surface area contributed by atoms with Crippen LogP contribution in [0, 0.1) is 0 Å². The van der Waals surface area contributed by atoms with Crippen LogP contribution in [-0.2, 0) is 6.42 Å². The van der Waals surface area contributed by atoms with Crippen LogP contribution in [-0.4, -0.2) is 17.6 Å². The molecule has 114 valence electrons. The zero-order chi connectivity index (χ0) is 15.2. The van der Waals surface area contributed by atoms with Crippen molar-refractivity contribution in [2.24, 2.45) is 0 Å². The Morgan fingerprint density at radius 1 is 1.14 bits per heavy atom. The molecule has 3 heteroatoms. The molecule has 3 nitrogen and oxygen atoms in total. The van der Waals surface area contributed by atoms with E-state index in [-0.39, 0.29) is 6.10 Å². The maximum absolute atomic E-state index is 5.80. The summed E-state index contributed by atoms with van der Waals surface area (Å²) >= 11 is 0. The summed E-state index contributed by atoms with van der Waals surface area (Å²) in [7, 11) is 0. The Bertz CT molecular complexity index is 593. The highest BCUT2D eigenvalue weighted by atomic mass is 16.5. The molecule has 1 heterocycles. The SMILES string of the molecule is CCCNc1cc(CCC)nc2ccc(OC(C)C)cc12. The van der Waals surface area contributed by atoms with Crippen LogP contribution >= 0.6 is 0 Å². The minimum atomic E-state index is 0.182. The van der Waals surface area contributed by atoms with Gasteiger partial charge < -0.3 is 10.1 Å². The highest BCUT2D eigenvalue weighted by molar-refractivity contribution is 5.92. The molecule has 0 saturated carbocycles. The molecule has 0 fully saturated rings. The normalized spacial score (nSPS) is 11.1. The van der Waals surface area contributed by atoms with E-state index < -0.39 is 0 Å². The van der Waals surface area contributed by atoms with Crippen LogP contribution in [0.15, 0.2) is 24.3 Å². The predicted molar refractivity (Wildman–Crippen MR) is 90.3 cm³/mol. The van der Waals surface area contributed by atoms with Crippen molar-refractivity contribution in [3.63, 3.8) is 0 Å². The molecule has 0 amide bonds. The van der Waals surface area contributed by atoms with Crippen molar-refractivity contribution in [3.8, 4) is 5.75 Å². The first-order valence-electron chi connectivity index (χ1n) is 7.98. The average molecular weight is 286 g/mol. The first-order chi connectivity index (χ1) is 10.1. The van der Waals surface area contributed by atoms with Crippen LogP contribution in [0.5, 0.6) is 5.75 Å². The molecule has 21 heavy (non-hydrogen) atoms. The minimum Gasteiger partial charge on any atom is -0.491 e. The van der Waals surface area contributed by atoms with Gasteiger partial charge in [-0.1, -0.05) is 20.3 Å². The maximum Gasteiger partial charge on any atom is 0.120 e. The molecule has 0 aliphatic heterocycles. The van der Waals surface area contributed by atoms with E-state index in [9.17, 15) is 0 Å². The third kappa shape index (κ3) is 4.10. The molecule has 1 aromatic carbocycles. The molecule has 0 radical (unpaired) electrons. The number of nitrogens with zero attached hydrogens (tertiary/aromatic N) is 1. The molecular weight excluding hydrogens is 260 g/mol. The Morgan fingerprint density at radius 2 is 1.95 bits per heavy atom. The zero-order valence-corrected chi connectivity index (χ0v) is 13.6. The zero-order valence-electron chi connectivity index (χ0n) is 13.6. The van der Waals surface area contributed by atoms with E-state index >= 15 is 0 Å². The number of aryl methyl sites for hydroxylation is 1. The molecule has 1 N–H and O–H groups in total. The topological polar surface area (TPSA) is 34.2 Å². The molecular formula is C18H26N2O. The van der Waals surface area contributed by atoms with Crippen LogP contribution in [0.4, 0.5) is 5.69 Å². The van der Waals surface area contributed by atoms with Gasteiger partial charge in [0.25, 0.3) is 0 Å². The average Bonchev–Trinajstić information content (AvgIpc) is 2.45. The molecule has 0 spiro atoms. The standard InChI is InChI=1S/C18H26N2O/c1-5-7-14-11-18(19-10-6-2)16-12-15(21-13(3)4)8-9-17(16)20-14/h8-9,11-13H,5-7,10H2,1-4H3,(H,19,20). The second-order valence-corrected chi connectivity index (χ2v) is 5.68. The summed E-state index contributed by atoms with van der Waals surface area (Å²) in [5, 5.41) is 4.66. The lowest BCUT2D eigenvalue weighted by atomic mass is 10.1. The number of rotatable bonds is 7. The predicted octanol–water partition coefficient (Wildman–Crippen LogP) is 4.80. The first kappa shape index (κ1) is 15.6. The monoisotopic (exact) mass is 286 g/mol. The van der Waals surface area contributed by atoms with E-state index in [1.54, 1.807) is 0 Å². The Balaban J connectivity index is 2.45. The van der Waals surface area contributed by atoms with Crippen LogP contribution < -0.4 is 10.1 Å². The number of hydrogen-bond donors (Lipinski definition) is 1. The molecule has 0 unspecified atom stereocenters. The molecule has 0 bridgehead atoms. The Labute approximate surface area is 127 Å². The third-order valence-corrected chi connectivity index (χ3v) is 3.28. The van der Waals surface area contributed by atoms with Gasteiger partial charge in [-0.3, -0.25) is 4.98 Å². The van der Waals surface area contributed by atoms with E-state index in [1.165, 1.54) is 5.69 Å². The van der Waals surface area contributed by atoms with E-state index in [2.05, 4.69) is 37.4 Å². The van der Waals surface area contributed by atoms with Gasteiger partial charge in [-0.25, -0.2) is 0 Å². The fourth-order valence-electron chi connectivity index (χ4n) is 2.40. The van der Waals surface area contributed by atoms with Gasteiger partial charge in [0.15, 0.2) is 0 Å². The number of hydrogen-bond acceptors (Lipinski definition) is 3. The summed E-state index contributed by atoms with van der Waals surface area (Å²) in [6.07, 6.45) is 3.41. The molecule has 0 atom stereocenters. The van der Waals surface area contributed by atoms with E-state index in [4.69, 9.17) is 9.72 Å². The fourth-order valence-corrected chi connectivity index (χ4v) is 2.40. The Hall–Kier alpha value is -1.77. The maximum atomic E-state index is 5.80. The van der Waals surface area contributed by atoms with Gasteiger partial charge >= 0.3 is 0 Å². The molecule has 0 aliphatic carbocycles. The van der Waals surface area contributed by atoms with Crippen LogP contribution in [0.1, 0.15) is 46.2 Å². The van der Waals surface area contributed by atoms with Gasteiger partial charge in [0.1, 0.15) is 5.75 Å². The minimum absolute atomic E-state index is 0.182. The number of ether oxygens (including phenoxy) is 1. The van der Waals surface area contributed by atoms with E-state index in [0.29, 0.717) is 0 Å². The number of aromatic nitrogens is 1. The number of nitrogens with one attached hydrogen (secondary N) is 1. The largest absolute Gasteiger partial charge is 0.491 e. The van der Waals surface area contributed by atoms with Crippen molar-refractivity contribution in [2.45, 2.75) is 53.1 Å². The van der Waals surface area contributed by atoms with Crippen molar-refractivity contribution >= 4 is 16.6 Å². The number of fused-ring (bicyclic) bond motifs is 1. The second kappa shape index (κ2) is 7.30. The molecule has 1 aromatic heterocycles. The van der Waals surface area contributed by atoms with Crippen molar-refractivity contribution in [1.29, 1.82) is 0 Å². The lowest BCUT2D eigenvalue weighted by Gasteiger charge is -2.14.